The van der Waals surface area contributed by atoms with Gasteiger partial charge < -0.3 is 14.6 Å². The molecule has 0 heterocycles. The highest BCUT2D eigenvalue weighted by Crippen LogP contribution is 2.15. The van der Waals surface area contributed by atoms with Crippen molar-refractivity contribution in [1.29, 1.82) is 0 Å². The first-order valence-electron chi connectivity index (χ1n) is 17.6. The third-order valence-corrected chi connectivity index (χ3v) is 7.84. The van der Waals surface area contributed by atoms with Gasteiger partial charge in [0.15, 0.2) is 0 Å². The van der Waals surface area contributed by atoms with Crippen LogP contribution in [0.4, 0.5) is 0 Å². The van der Waals surface area contributed by atoms with Gasteiger partial charge in [-0.1, -0.05) is 168 Å². The minimum absolute atomic E-state index is 0.108. The lowest BCUT2D eigenvalue weighted by atomic mass is 10.0. The summed E-state index contributed by atoms with van der Waals surface area (Å²) in [5.41, 5.74) is 0. The molecule has 5 heteroatoms. The van der Waals surface area contributed by atoms with Gasteiger partial charge in [-0.05, 0) is 12.8 Å². The van der Waals surface area contributed by atoms with Gasteiger partial charge >= 0.3 is 11.9 Å². The van der Waals surface area contributed by atoms with E-state index in [9.17, 15) is 14.7 Å². The highest BCUT2D eigenvalue weighted by Gasteiger charge is 2.12. The number of unbranched alkanes of at least 4 members (excludes halogenated alkanes) is 24. The quantitative estimate of drug-likeness (QED) is 0.0645. The van der Waals surface area contributed by atoms with Crippen LogP contribution in [0.3, 0.4) is 0 Å². The van der Waals surface area contributed by atoms with Crippen LogP contribution in [0.1, 0.15) is 194 Å². The third kappa shape index (κ3) is 31.4. The maximum absolute atomic E-state index is 11.9. The topological polar surface area (TPSA) is 72.8 Å². The molecule has 0 rings (SSSR count). The highest BCUT2D eigenvalue weighted by molar-refractivity contribution is 5.69. The Kier molecular flexibility index (Phi) is 31.5. The average Bonchev–Trinajstić information content (AvgIpc) is 2.95. The van der Waals surface area contributed by atoms with E-state index in [1.165, 1.54) is 141 Å². The number of carbonyl (C=O) groups is 2. The van der Waals surface area contributed by atoms with Gasteiger partial charge in [-0.2, -0.15) is 0 Å². The monoisotopic (exact) mass is 569 g/mol. The second kappa shape index (κ2) is 32.4. The standard InChI is InChI=1S/C35H68O5/c1-3-5-7-9-11-13-15-16-17-18-19-20-22-24-26-28-30-35(38)40-32-33(36)31-39-34(37)29-27-25-23-21-14-12-10-8-6-4-2/h33,36H,3-32H2,1-2H3/t33-/m1/s1. The summed E-state index contributed by atoms with van der Waals surface area (Å²) in [6, 6.07) is 0. The Morgan fingerprint density at radius 3 is 0.900 bits per heavy atom. The number of hydrogen-bond donors (Lipinski definition) is 1. The lowest BCUT2D eigenvalue weighted by Crippen LogP contribution is -2.25. The zero-order valence-electron chi connectivity index (χ0n) is 26.9. The van der Waals surface area contributed by atoms with Crippen LogP contribution in [0.15, 0.2) is 0 Å². The van der Waals surface area contributed by atoms with E-state index in [0.29, 0.717) is 12.8 Å². The summed E-state index contributed by atoms with van der Waals surface area (Å²) in [6.45, 7) is 4.30. The number of aliphatic hydroxyl groups excluding tert-OH is 1. The number of esters is 2. The molecule has 1 atom stereocenters. The molecule has 0 spiro atoms. The fourth-order valence-electron chi connectivity index (χ4n) is 5.14. The summed E-state index contributed by atoms with van der Waals surface area (Å²) in [7, 11) is 0. The van der Waals surface area contributed by atoms with Gasteiger partial charge in [-0.25, -0.2) is 0 Å². The zero-order valence-corrected chi connectivity index (χ0v) is 26.9. The highest BCUT2D eigenvalue weighted by atomic mass is 16.6. The molecule has 0 saturated heterocycles. The van der Waals surface area contributed by atoms with Crippen LogP contribution in [0.5, 0.6) is 0 Å². The first-order chi connectivity index (χ1) is 19.6. The molecular formula is C35H68O5. The van der Waals surface area contributed by atoms with Gasteiger partial charge in [-0.3, -0.25) is 9.59 Å². The van der Waals surface area contributed by atoms with Crippen molar-refractivity contribution in [2.45, 2.75) is 200 Å². The van der Waals surface area contributed by atoms with Gasteiger partial charge in [0.2, 0.25) is 0 Å². The molecule has 0 aromatic carbocycles. The molecule has 0 bridgehead atoms. The summed E-state index contributed by atoms with van der Waals surface area (Å²) in [4.78, 5) is 23.8. The summed E-state index contributed by atoms with van der Waals surface area (Å²) in [5, 5.41) is 9.95. The lowest BCUT2D eigenvalue weighted by Gasteiger charge is -2.12. The third-order valence-electron chi connectivity index (χ3n) is 7.84. The summed E-state index contributed by atoms with van der Waals surface area (Å²) >= 11 is 0. The van der Waals surface area contributed by atoms with Gasteiger partial charge in [0, 0.05) is 12.8 Å². The molecule has 5 nitrogen and oxygen atoms in total. The fourth-order valence-corrected chi connectivity index (χ4v) is 5.14. The Balaban J connectivity index is 3.38. The summed E-state index contributed by atoms with van der Waals surface area (Å²) in [5.74, 6) is -0.556. The van der Waals surface area contributed by atoms with Gasteiger partial charge in [-0.15, -0.1) is 0 Å². The zero-order chi connectivity index (χ0) is 29.4. The molecular weight excluding hydrogens is 500 g/mol. The molecule has 0 fully saturated rings. The second-order valence-electron chi connectivity index (χ2n) is 12.0. The van der Waals surface area contributed by atoms with Gasteiger partial charge in [0.05, 0.1) is 0 Å². The SMILES string of the molecule is CCCCCCCCCCCCCCCCCCC(=O)OC[C@H](O)COC(=O)CCCCCCCCCCCC. The molecule has 0 saturated carbocycles. The van der Waals surface area contributed by atoms with Crippen LogP contribution in [0.2, 0.25) is 0 Å². The minimum atomic E-state index is -0.952. The predicted octanol–water partition coefficient (Wildman–Crippen LogP) is 10.4. The largest absolute Gasteiger partial charge is 0.463 e. The van der Waals surface area contributed by atoms with E-state index in [4.69, 9.17) is 9.47 Å². The Morgan fingerprint density at radius 1 is 0.425 bits per heavy atom. The van der Waals surface area contributed by atoms with Crippen molar-refractivity contribution in [2.24, 2.45) is 0 Å². The maximum atomic E-state index is 11.9. The molecule has 0 unspecified atom stereocenters. The van der Waals surface area contributed by atoms with Crippen molar-refractivity contribution >= 4 is 11.9 Å². The Hall–Kier alpha value is -1.10. The van der Waals surface area contributed by atoms with Crippen molar-refractivity contribution < 1.29 is 24.2 Å². The van der Waals surface area contributed by atoms with Gasteiger partial charge in [0.1, 0.15) is 19.3 Å². The lowest BCUT2D eigenvalue weighted by molar-refractivity contribution is -0.152. The first kappa shape index (κ1) is 38.9. The molecule has 238 valence electrons. The van der Waals surface area contributed by atoms with Crippen LogP contribution >= 0.6 is 0 Å². The summed E-state index contributed by atoms with van der Waals surface area (Å²) in [6.07, 6.45) is 32.9. The molecule has 40 heavy (non-hydrogen) atoms. The number of hydrogen-bond acceptors (Lipinski definition) is 5. The Bertz CT molecular complexity index is 536. The molecule has 0 aliphatic heterocycles. The Morgan fingerprint density at radius 2 is 0.650 bits per heavy atom. The van der Waals surface area contributed by atoms with E-state index in [2.05, 4.69) is 13.8 Å². The van der Waals surface area contributed by atoms with Crippen LogP contribution in [0, 0.1) is 0 Å². The van der Waals surface area contributed by atoms with Crippen LogP contribution < -0.4 is 0 Å². The fraction of sp³-hybridized carbons (Fsp3) is 0.943. The van der Waals surface area contributed by atoms with E-state index in [1.807, 2.05) is 0 Å². The molecule has 0 amide bonds. The predicted molar refractivity (Wildman–Crippen MR) is 169 cm³/mol. The smallest absolute Gasteiger partial charge is 0.305 e. The molecule has 0 aromatic heterocycles. The van der Waals surface area contributed by atoms with Crippen LogP contribution in [-0.2, 0) is 19.1 Å². The van der Waals surface area contributed by atoms with Gasteiger partial charge in [0.25, 0.3) is 0 Å². The van der Waals surface area contributed by atoms with E-state index in [-0.39, 0.29) is 25.2 Å². The number of aliphatic hydroxyl groups is 1. The molecule has 0 aliphatic rings. The van der Waals surface area contributed by atoms with E-state index in [0.717, 1.165) is 25.7 Å². The van der Waals surface area contributed by atoms with Crippen LogP contribution in [0.25, 0.3) is 0 Å². The number of ether oxygens (including phenoxy) is 2. The van der Waals surface area contributed by atoms with Crippen molar-refractivity contribution in [3.8, 4) is 0 Å². The maximum Gasteiger partial charge on any atom is 0.305 e. The van der Waals surface area contributed by atoms with Crippen molar-refractivity contribution in [3.63, 3.8) is 0 Å². The average molecular weight is 569 g/mol. The molecule has 0 radical (unpaired) electrons. The first-order valence-corrected chi connectivity index (χ1v) is 17.6. The number of carbonyl (C=O) groups excluding carboxylic acids is 2. The van der Waals surface area contributed by atoms with E-state index < -0.39 is 6.10 Å². The van der Waals surface area contributed by atoms with E-state index >= 15 is 0 Å². The van der Waals surface area contributed by atoms with Crippen molar-refractivity contribution in [3.05, 3.63) is 0 Å². The second-order valence-corrected chi connectivity index (χ2v) is 12.0. The Labute approximate surface area is 248 Å². The summed E-state index contributed by atoms with van der Waals surface area (Å²) < 4.78 is 10.3. The van der Waals surface area contributed by atoms with Crippen LogP contribution in [-0.4, -0.2) is 36.4 Å². The minimum Gasteiger partial charge on any atom is -0.463 e. The molecule has 0 aliphatic carbocycles. The van der Waals surface area contributed by atoms with E-state index in [1.54, 1.807) is 0 Å². The molecule has 1 N–H and O–H groups in total. The molecule has 0 aromatic rings. The van der Waals surface area contributed by atoms with Crippen molar-refractivity contribution in [2.75, 3.05) is 13.2 Å². The normalized spacial score (nSPS) is 12.0. The van der Waals surface area contributed by atoms with Crippen molar-refractivity contribution in [1.82, 2.24) is 0 Å². The number of rotatable bonds is 32.